The topological polar surface area (TPSA) is 99.3 Å². The number of hydrogen-bond acceptors (Lipinski definition) is 7. The van der Waals surface area contributed by atoms with Crippen molar-refractivity contribution in [1.29, 1.82) is 0 Å². The SMILES string of the molecule is O=[N+]([O-])c1ccc(-c2ccc(/C=C3/Sc4nnc(-c5ccccc5)n4N=C3c3ccc(Cl)cc3)o2)cc1. The van der Waals surface area contributed by atoms with Gasteiger partial charge in [0.05, 0.1) is 4.92 Å². The molecule has 180 valence electrons. The molecule has 3 heterocycles. The molecule has 1 aliphatic rings. The summed E-state index contributed by atoms with van der Waals surface area (Å²) in [5.74, 6) is 1.85. The number of hydrogen-bond donors (Lipinski definition) is 0. The number of benzene rings is 3. The summed E-state index contributed by atoms with van der Waals surface area (Å²) in [5.41, 5.74) is 3.28. The first-order chi connectivity index (χ1) is 18.0. The number of thioether (sulfide) groups is 1. The van der Waals surface area contributed by atoms with Crippen molar-refractivity contribution in [2.24, 2.45) is 5.10 Å². The third-order valence-corrected chi connectivity index (χ3v) is 6.88. The zero-order chi connectivity index (χ0) is 25.4. The van der Waals surface area contributed by atoms with Crippen LogP contribution in [0.3, 0.4) is 0 Å². The average Bonchev–Trinajstić information content (AvgIpc) is 3.56. The van der Waals surface area contributed by atoms with E-state index in [1.54, 1.807) is 16.8 Å². The van der Waals surface area contributed by atoms with E-state index in [0.717, 1.165) is 27.3 Å². The zero-order valence-corrected chi connectivity index (χ0v) is 20.6. The van der Waals surface area contributed by atoms with Crippen LogP contribution >= 0.6 is 23.4 Å². The number of rotatable bonds is 5. The van der Waals surface area contributed by atoms with Gasteiger partial charge in [-0.2, -0.15) is 9.78 Å². The number of aromatic nitrogens is 3. The van der Waals surface area contributed by atoms with Crippen molar-refractivity contribution in [3.05, 3.63) is 122 Å². The van der Waals surface area contributed by atoms with Crippen molar-refractivity contribution in [3.63, 3.8) is 0 Å². The summed E-state index contributed by atoms with van der Waals surface area (Å²) >= 11 is 7.57. The monoisotopic (exact) mass is 525 g/mol. The fourth-order valence-corrected chi connectivity index (χ4v) is 4.90. The summed E-state index contributed by atoms with van der Waals surface area (Å²) in [7, 11) is 0. The molecule has 0 N–H and O–H groups in total. The lowest BCUT2D eigenvalue weighted by molar-refractivity contribution is -0.384. The van der Waals surface area contributed by atoms with Crippen molar-refractivity contribution < 1.29 is 9.34 Å². The molecule has 0 bridgehead atoms. The van der Waals surface area contributed by atoms with Gasteiger partial charge in [0.1, 0.15) is 17.2 Å². The standard InChI is InChI=1S/C27H16ClN5O3S/c28-20-10-6-18(7-11-20)25-24(37-27-30-29-26(32(27)31-25)19-4-2-1-3-5-19)16-22-14-15-23(36-22)17-8-12-21(13-9-17)33(34)35/h1-16H/b24-16+. The van der Waals surface area contributed by atoms with E-state index in [2.05, 4.69) is 10.2 Å². The van der Waals surface area contributed by atoms with E-state index in [0.29, 0.717) is 27.5 Å². The summed E-state index contributed by atoms with van der Waals surface area (Å²) in [6.45, 7) is 0. The Bertz CT molecular complexity index is 1670. The van der Waals surface area contributed by atoms with Crippen LogP contribution in [-0.4, -0.2) is 25.5 Å². The minimum atomic E-state index is -0.429. The number of nitro groups is 1. The summed E-state index contributed by atoms with van der Waals surface area (Å²) in [4.78, 5) is 11.3. The highest BCUT2D eigenvalue weighted by Gasteiger charge is 2.25. The Morgan fingerprint density at radius 3 is 2.32 bits per heavy atom. The van der Waals surface area contributed by atoms with Crippen LogP contribution in [0.4, 0.5) is 5.69 Å². The summed E-state index contributed by atoms with van der Waals surface area (Å²) in [6.07, 6.45) is 1.90. The van der Waals surface area contributed by atoms with Crippen LogP contribution < -0.4 is 0 Å². The molecular formula is C27H16ClN5O3S. The number of nitro benzene ring substituents is 1. The fraction of sp³-hybridized carbons (Fsp3) is 0. The van der Waals surface area contributed by atoms with Crippen LogP contribution in [-0.2, 0) is 0 Å². The van der Waals surface area contributed by atoms with Crippen LogP contribution in [0.25, 0.3) is 28.8 Å². The Morgan fingerprint density at radius 2 is 1.59 bits per heavy atom. The third-order valence-electron chi connectivity index (χ3n) is 5.66. The molecule has 0 atom stereocenters. The Kier molecular flexibility index (Phi) is 5.91. The van der Waals surface area contributed by atoms with Crippen LogP contribution in [0, 0.1) is 10.1 Å². The minimum absolute atomic E-state index is 0.0269. The van der Waals surface area contributed by atoms with Gasteiger partial charge in [0.15, 0.2) is 5.82 Å². The van der Waals surface area contributed by atoms with E-state index in [4.69, 9.17) is 21.1 Å². The molecular weight excluding hydrogens is 510 g/mol. The highest BCUT2D eigenvalue weighted by Crippen LogP contribution is 2.37. The highest BCUT2D eigenvalue weighted by atomic mass is 35.5. The van der Waals surface area contributed by atoms with E-state index < -0.39 is 4.92 Å². The molecule has 6 rings (SSSR count). The van der Waals surface area contributed by atoms with Gasteiger partial charge < -0.3 is 4.42 Å². The van der Waals surface area contributed by atoms with E-state index in [-0.39, 0.29) is 5.69 Å². The van der Waals surface area contributed by atoms with Crippen LogP contribution in [0.5, 0.6) is 0 Å². The van der Waals surface area contributed by atoms with Gasteiger partial charge in [-0.1, -0.05) is 54.1 Å². The predicted octanol–water partition coefficient (Wildman–Crippen LogP) is 7.17. The fourth-order valence-electron chi connectivity index (χ4n) is 3.85. The van der Waals surface area contributed by atoms with E-state index >= 15 is 0 Å². The lowest BCUT2D eigenvalue weighted by Gasteiger charge is -2.17. The van der Waals surface area contributed by atoms with E-state index in [1.807, 2.05) is 72.8 Å². The molecule has 0 saturated carbocycles. The third kappa shape index (κ3) is 4.57. The van der Waals surface area contributed by atoms with Gasteiger partial charge in [-0.05, 0) is 54.2 Å². The second-order valence-electron chi connectivity index (χ2n) is 8.06. The lowest BCUT2D eigenvalue weighted by atomic mass is 10.1. The smallest absolute Gasteiger partial charge is 0.269 e. The summed E-state index contributed by atoms with van der Waals surface area (Å²) in [6, 6.07) is 27.2. The maximum atomic E-state index is 11.0. The first-order valence-corrected chi connectivity index (χ1v) is 12.3. The molecule has 8 nitrogen and oxygen atoms in total. The largest absolute Gasteiger partial charge is 0.457 e. The van der Waals surface area contributed by atoms with Gasteiger partial charge in [0, 0.05) is 38.8 Å². The van der Waals surface area contributed by atoms with Gasteiger partial charge >= 0.3 is 0 Å². The molecule has 0 amide bonds. The van der Waals surface area contributed by atoms with Gasteiger partial charge in [-0.3, -0.25) is 10.1 Å². The molecule has 0 spiro atoms. The number of fused-ring (bicyclic) bond motifs is 1. The van der Waals surface area contributed by atoms with Crippen molar-refractivity contribution >= 4 is 40.8 Å². The summed E-state index contributed by atoms with van der Waals surface area (Å²) < 4.78 is 7.80. The maximum Gasteiger partial charge on any atom is 0.269 e. The minimum Gasteiger partial charge on any atom is -0.457 e. The van der Waals surface area contributed by atoms with Crippen molar-refractivity contribution in [3.8, 4) is 22.7 Å². The van der Waals surface area contributed by atoms with Gasteiger partial charge in [-0.25, -0.2) is 0 Å². The van der Waals surface area contributed by atoms with Crippen molar-refractivity contribution in [2.75, 3.05) is 0 Å². The van der Waals surface area contributed by atoms with Crippen LogP contribution in [0.2, 0.25) is 5.02 Å². The number of halogens is 1. The van der Waals surface area contributed by atoms with Gasteiger partial charge in [0.2, 0.25) is 5.16 Å². The first-order valence-electron chi connectivity index (χ1n) is 11.2. The molecule has 3 aromatic carbocycles. The normalized spacial score (nSPS) is 13.9. The van der Waals surface area contributed by atoms with Gasteiger partial charge in [0.25, 0.3) is 5.69 Å². The number of non-ortho nitro benzene ring substituents is 1. The zero-order valence-electron chi connectivity index (χ0n) is 19.0. The molecule has 0 fully saturated rings. The lowest BCUT2D eigenvalue weighted by Crippen LogP contribution is -2.12. The molecule has 2 aromatic heterocycles. The highest BCUT2D eigenvalue weighted by molar-refractivity contribution is 8.04. The van der Waals surface area contributed by atoms with E-state index in [9.17, 15) is 10.1 Å². The van der Waals surface area contributed by atoms with E-state index in [1.165, 1.54) is 23.9 Å². The second kappa shape index (κ2) is 9.53. The molecule has 10 heteroatoms. The average molecular weight is 526 g/mol. The molecule has 5 aromatic rings. The molecule has 1 aliphatic heterocycles. The Hall–Kier alpha value is -4.47. The molecule has 0 aliphatic carbocycles. The van der Waals surface area contributed by atoms with Crippen molar-refractivity contribution in [2.45, 2.75) is 5.16 Å². The molecule has 37 heavy (non-hydrogen) atoms. The number of nitrogens with zero attached hydrogens (tertiary/aromatic N) is 5. The molecule has 0 unspecified atom stereocenters. The van der Waals surface area contributed by atoms with Crippen LogP contribution in [0.1, 0.15) is 11.3 Å². The maximum absolute atomic E-state index is 11.0. The van der Waals surface area contributed by atoms with Gasteiger partial charge in [-0.15, -0.1) is 10.2 Å². The Labute approximate surface area is 220 Å². The predicted molar refractivity (Wildman–Crippen MR) is 143 cm³/mol. The Morgan fingerprint density at radius 1 is 0.865 bits per heavy atom. The molecule has 0 radical (unpaired) electrons. The second-order valence-corrected chi connectivity index (χ2v) is 9.50. The van der Waals surface area contributed by atoms with Crippen molar-refractivity contribution in [1.82, 2.24) is 14.9 Å². The van der Waals surface area contributed by atoms with Crippen LogP contribution in [0.15, 0.2) is 111 Å². The number of furan rings is 1. The molecule has 0 saturated heterocycles. The Balaban J connectivity index is 1.40. The quantitative estimate of drug-likeness (QED) is 0.178. The summed E-state index contributed by atoms with van der Waals surface area (Å²) in [5, 5.41) is 25.9. The first kappa shape index (κ1) is 23.0. The number of allylic oxidation sites excluding steroid dienone is 1.